The third-order valence-corrected chi connectivity index (χ3v) is 1.14. The number of hydrogen-bond donors (Lipinski definition) is 0. The molecule has 0 N–H and O–H groups in total. The first-order valence-corrected chi connectivity index (χ1v) is 3.26. The SMILES string of the molecule is [CH2]CC=C(C)CCC. The van der Waals surface area contributed by atoms with Crippen molar-refractivity contribution in [2.24, 2.45) is 0 Å². The summed E-state index contributed by atoms with van der Waals surface area (Å²) in [6.45, 7) is 8.09. The van der Waals surface area contributed by atoms with Crippen LogP contribution < -0.4 is 0 Å². The van der Waals surface area contributed by atoms with E-state index < -0.39 is 0 Å². The van der Waals surface area contributed by atoms with Crippen LogP contribution in [0.15, 0.2) is 11.6 Å². The van der Waals surface area contributed by atoms with Crippen LogP contribution in [0, 0.1) is 6.92 Å². The Morgan fingerprint density at radius 1 is 1.62 bits per heavy atom. The van der Waals surface area contributed by atoms with Gasteiger partial charge in [-0.15, -0.1) is 0 Å². The lowest BCUT2D eigenvalue weighted by Gasteiger charge is -1.93. The van der Waals surface area contributed by atoms with Gasteiger partial charge in [-0.05, 0) is 26.7 Å². The zero-order chi connectivity index (χ0) is 6.41. The standard InChI is InChI=1S/C8H15/c1-4-6-8(3)7-5-2/h6H,1,4-5,7H2,2-3H3. The predicted molar refractivity (Wildman–Crippen MR) is 38.6 cm³/mol. The summed E-state index contributed by atoms with van der Waals surface area (Å²) in [5.74, 6) is 0. The zero-order valence-corrected chi connectivity index (χ0v) is 5.91. The smallest absolute Gasteiger partial charge is 0.0326 e. The fraction of sp³-hybridized carbons (Fsp3) is 0.625. The molecule has 47 valence electrons. The average molecular weight is 111 g/mol. The summed E-state index contributed by atoms with van der Waals surface area (Å²) in [6, 6.07) is 0. The van der Waals surface area contributed by atoms with E-state index in [1.54, 1.807) is 0 Å². The minimum Gasteiger partial charge on any atom is -0.0856 e. The van der Waals surface area contributed by atoms with Gasteiger partial charge in [-0.3, -0.25) is 0 Å². The van der Waals surface area contributed by atoms with Gasteiger partial charge < -0.3 is 0 Å². The molecule has 0 heterocycles. The molecule has 0 saturated heterocycles. The maximum Gasteiger partial charge on any atom is -0.0326 e. The van der Waals surface area contributed by atoms with Crippen LogP contribution in [0.1, 0.15) is 33.1 Å². The van der Waals surface area contributed by atoms with Gasteiger partial charge in [0, 0.05) is 0 Å². The lowest BCUT2D eigenvalue weighted by molar-refractivity contribution is 0.899. The van der Waals surface area contributed by atoms with Gasteiger partial charge in [-0.2, -0.15) is 0 Å². The van der Waals surface area contributed by atoms with Gasteiger partial charge >= 0.3 is 0 Å². The second kappa shape index (κ2) is 4.89. The Labute approximate surface area is 52.6 Å². The molecule has 0 heteroatoms. The highest BCUT2D eigenvalue weighted by atomic mass is 13.9. The van der Waals surface area contributed by atoms with E-state index in [1.807, 2.05) is 0 Å². The molecule has 0 aliphatic heterocycles. The van der Waals surface area contributed by atoms with Gasteiger partial charge in [0.05, 0.1) is 0 Å². The minimum atomic E-state index is 0.936. The molecule has 0 amide bonds. The van der Waals surface area contributed by atoms with Crippen LogP contribution in [0.5, 0.6) is 0 Å². The first-order chi connectivity index (χ1) is 3.81. The van der Waals surface area contributed by atoms with Crippen molar-refractivity contribution in [1.29, 1.82) is 0 Å². The highest BCUT2D eigenvalue weighted by molar-refractivity contribution is 4.97. The molecule has 0 aromatic carbocycles. The highest BCUT2D eigenvalue weighted by Crippen LogP contribution is 2.02. The van der Waals surface area contributed by atoms with Crippen molar-refractivity contribution < 1.29 is 0 Å². The Morgan fingerprint density at radius 2 is 2.25 bits per heavy atom. The molecular formula is C8H15. The largest absolute Gasteiger partial charge is 0.0856 e. The molecule has 0 aromatic rings. The van der Waals surface area contributed by atoms with Crippen molar-refractivity contribution in [3.63, 3.8) is 0 Å². The van der Waals surface area contributed by atoms with E-state index in [0.717, 1.165) is 6.42 Å². The molecule has 0 spiro atoms. The summed E-state index contributed by atoms with van der Waals surface area (Å²) in [5, 5.41) is 0. The molecule has 0 fully saturated rings. The quantitative estimate of drug-likeness (QED) is 0.491. The van der Waals surface area contributed by atoms with Crippen molar-refractivity contribution in [1.82, 2.24) is 0 Å². The molecule has 1 radical (unpaired) electrons. The predicted octanol–water partition coefficient (Wildman–Crippen LogP) is 2.96. The van der Waals surface area contributed by atoms with E-state index in [4.69, 9.17) is 0 Å². The van der Waals surface area contributed by atoms with Crippen molar-refractivity contribution in [2.45, 2.75) is 33.1 Å². The molecule has 0 aromatic heterocycles. The summed E-state index contributed by atoms with van der Waals surface area (Å²) in [7, 11) is 0. The summed E-state index contributed by atoms with van der Waals surface area (Å²) in [5.41, 5.74) is 1.47. The Hall–Kier alpha value is -0.260. The first-order valence-electron chi connectivity index (χ1n) is 3.26. The maximum absolute atomic E-state index is 3.73. The summed E-state index contributed by atoms with van der Waals surface area (Å²) in [6.07, 6.45) is 5.60. The van der Waals surface area contributed by atoms with Crippen molar-refractivity contribution >= 4 is 0 Å². The van der Waals surface area contributed by atoms with E-state index >= 15 is 0 Å². The molecule has 0 unspecified atom stereocenters. The van der Waals surface area contributed by atoms with E-state index in [2.05, 4.69) is 26.8 Å². The van der Waals surface area contributed by atoms with E-state index in [0.29, 0.717) is 0 Å². The molecule has 8 heavy (non-hydrogen) atoms. The lowest BCUT2D eigenvalue weighted by Crippen LogP contribution is -1.72. The van der Waals surface area contributed by atoms with E-state index in [-0.39, 0.29) is 0 Å². The maximum atomic E-state index is 3.73. The van der Waals surface area contributed by atoms with Crippen LogP contribution in [-0.2, 0) is 0 Å². The Kier molecular flexibility index (Phi) is 4.73. The minimum absolute atomic E-state index is 0.936. The topological polar surface area (TPSA) is 0 Å². The molecule has 0 aliphatic carbocycles. The molecule has 0 bridgehead atoms. The summed E-state index contributed by atoms with van der Waals surface area (Å²) >= 11 is 0. The van der Waals surface area contributed by atoms with Crippen LogP contribution in [-0.4, -0.2) is 0 Å². The number of hydrogen-bond acceptors (Lipinski definition) is 0. The van der Waals surface area contributed by atoms with Crippen molar-refractivity contribution in [2.75, 3.05) is 0 Å². The summed E-state index contributed by atoms with van der Waals surface area (Å²) < 4.78 is 0. The lowest BCUT2D eigenvalue weighted by atomic mass is 10.1. The highest BCUT2D eigenvalue weighted by Gasteiger charge is 1.82. The Bertz CT molecular complexity index is 70.1. The molecule has 0 nitrogen and oxygen atoms in total. The fourth-order valence-electron chi connectivity index (χ4n) is 0.743. The number of rotatable bonds is 3. The van der Waals surface area contributed by atoms with E-state index in [9.17, 15) is 0 Å². The number of allylic oxidation sites excluding steroid dienone is 2. The van der Waals surface area contributed by atoms with Crippen LogP contribution in [0.4, 0.5) is 0 Å². The average Bonchev–Trinajstić information content (AvgIpc) is 1.68. The Balaban J connectivity index is 3.29. The fourth-order valence-corrected chi connectivity index (χ4v) is 0.743. The van der Waals surface area contributed by atoms with Gasteiger partial charge in [0.15, 0.2) is 0 Å². The second-order valence-corrected chi connectivity index (χ2v) is 2.09. The third-order valence-electron chi connectivity index (χ3n) is 1.14. The van der Waals surface area contributed by atoms with Crippen LogP contribution >= 0.6 is 0 Å². The van der Waals surface area contributed by atoms with Gasteiger partial charge in [0.2, 0.25) is 0 Å². The van der Waals surface area contributed by atoms with Gasteiger partial charge in [-0.25, -0.2) is 0 Å². The van der Waals surface area contributed by atoms with Crippen molar-refractivity contribution in [3.8, 4) is 0 Å². The zero-order valence-electron chi connectivity index (χ0n) is 5.91. The molecule has 0 rings (SSSR count). The van der Waals surface area contributed by atoms with Crippen molar-refractivity contribution in [3.05, 3.63) is 18.6 Å². The molecular weight excluding hydrogens is 96.1 g/mol. The summed E-state index contributed by atoms with van der Waals surface area (Å²) in [4.78, 5) is 0. The molecule has 0 saturated carbocycles. The molecule has 0 atom stereocenters. The monoisotopic (exact) mass is 111 g/mol. The van der Waals surface area contributed by atoms with Gasteiger partial charge in [-0.1, -0.05) is 25.0 Å². The van der Waals surface area contributed by atoms with Crippen LogP contribution in [0.25, 0.3) is 0 Å². The van der Waals surface area contributed by atoms with Gasteiger partial charge in [0.1, 0.15) is 0 Å². The molecule has 0 aliphatic rings. The third kappa shape index (κ3) is 3.91. The van der Waals surface area contributed by atoms with Gasteiger partial charge in [0.25, 0.3) is 0 Å². The van der Waals surface area contributed by atoms with Crippen LogP contribution in [0.2, 0.25) is 0 Å². The van der Waals surface area contributed by atoms with Crippen LogP contribution in [0.3, 0.4) is 0 Å². The first kappa shape index (κ1) is 7.74. The van der Waals surface area contributed by atoms with E-state index in [1.165, 1.54) is 18.4 Å². The normalized spacial score (nSPS) is 12.1. The second-order valence-electron chi connectivity index (χ2n) is 2.09. The Morgan fingerprint density at radius 3 is 2.62 bits per heavy atom.